The maximum absolute atomic E-state index is 13.3. The number of methoxy groups -OCH3 is 1. The highest BCUT2D eigenvalue weighted by Crippen LogP contribution is 2.37. The molecule has 0 spiro atoms. The standard InChI is InChI=1S/C24H30NO5/c1-7-25(17(4)16(2)3)15-22(27)21-14-23(30-18(5)26)19-10-8-9-11-20(19)24(21)29-13-12-28-6/h7-11,14H,12-13,15H2,1-6H3/q+1. The van der Waals surface area contributed by atoms with E-state index in [-0.39, 0.29) is 12.3 Å². The van der Waals surface area contributed by atoms with E-state index in [0.29, 0.717) is 41.0 Å². The van der Waals surface area contributed by atoms with Gasteiger partial charge in [-0.05, 0) is 25.5 Å². The SMILES string of the molecule is CC=[N+](CC(=O)c1cc(OC(C)=O)c2ccccc2c1OCCOC)C(C)=C(C)C. The number of allylic oxidation sites excluding steroid dienone is 2. The average molecular weight is 413 g/mol. The van der Waals surface area contributed by atoms with E-state index in [1.165, 1.54) is 6.92 Å². The molecule has 0 aliphatic heterocycles. The second-order valence-corrected chi connectivity index (χ2v) is 7.13. The van der Waals surface area contributed by atoms with Crippen LogP contribution in [0.15, 0.2) is 41.6 Å². The zero-order chi connectivity index (χ0) is 22.3. The van der Waals surface area contributed by atoms with Gasteiger partial charge in [0, 0.05) is 38.7 Å². The van der Waals surface area contributed by atoms with Crippen LogP contribution in [0.3, 0.4) is 0 Å². The predicted octanol–water partition coefficient (Wildman–Crippen LogP) is 4.39. The Kier molecular flexibility index (Phi) is 8.30. The first-order valence-corrected chi connectivity index (χ1v) is 9.89. The van der Waals surface area contributed by atoms with Crippen molar-refractivity contribution in [2.45, 2.75) is 34.6 Å². The van der Waals surface area contributed by atoms with Crippen LogP contribution in [0.4, 0.5) is 0 Å². The van der Waals surface area contributed by atoms with E-state index < -0.39 is 5.97 Å². The van der Waals surface area contributed by atoms with Crippen molar-refractivity contribution in [2.24, 2.45) is 0 Å². The molecule has 2 aromatic carbocycles. The molecule has 0 unspecified atom stereocenters. The van der Waals surface area contributed by atoms with Gasteiger partial charge >= 0.3 is 5.97 Å². The zero-order valence-electron chi connectivity index (χ0n) is 18.6. The summed E-state index contributed by atoms with van der Waals surface area (Å²) in [7, 11) is 1.59. The molecule has 0 saturated heterocycles. The van der Waals surface area contributed by atoms with Gasteiger partial charge in [-0.15, -0.1) is 0 Å². The fourth-order valence-corrected chi connectivity index (χ4v) is 3.08. The summed E-state index contributed by atoms with van der Waals surface area (Å²) in [5.41, 5.74) is 2.50. The zero-order valence-corrected chi connectivity index (χ0v) is 18.6. The number of ketones is 1. The highest BCUT2D eigenvalue weighted by molar-refractivity contribution is 6.08. The summed E-state index contributed by atoms with van der Waals surface area (Å²) in [5.74, 6) is 0.219. The van der Waals surface area contributed by atoms with Crippen LogP contribution in [0.1, 0.15) is 45.0 Å². The van der Waals surface area contributed by atoms with Gasteiger partial charge in [0.2, 0.25) is 12.3 Å². The van der Waals surface area contributed by atoms with E-state index in [0.717, 1.165) is 11.3 Å². The van der Waals surface area contributed by atoms with Crippen LogP contribution in [-0.4, -0.2) is 49.4 Å². The molecule has 0 bridgehead atoms. The lowest BCUT2D eigenvalue weighted by Crippen LogP contribution is -2.22. The van der Waals surface area contributed by atoms with Gasteiger partial charge in [0.1, 0.15) is 24.3 Å². The van der Waals surface area contributed by atoms with Gasteiger partial charge in [-0.1, -0.05) is 24.3 Å². The third-order valence-corrected chi connectivity index (χ3v) is 4.83. The Morgan fingerprint density at radius 2 is 1.70 bits per heavy atom. The number of carbonyl (C=O) groups excluding carboxylic acids is 2. The number of hydrogen-bond donors (Lipinski definition) is 0. The first kappa shape index (κ1) is 23.3. The van der Waals surface area contributed by atoms with Crippen molar-refractivity contribution in [3.05, 3.63) is 47.2 Å². The first-order valence-electron chi connectivity index (χ1n) is 9.89. The molecule has 2 rings (SSSR count). The van der Waals surface area contributed by atoms with Gasteiger partial charge in [0.05, 0.1) is 12.2 Å². The molecule has 30 heavy (non-hydrogen) atoms. The van der Waals surface area contributed by atoms with Crippen LogP contribution in [0.25, 0.3) is 10.8 Å². The van der Waals surface area contributed by atoms with Crippen LogP contribution in [-0.2, 0) is 9.53 Å². The van der Waals surface area contributed by atoms with Crippen molar-refractivity contribution in [3.8, 4) is 11.5 Å². The van der Waals surface area contributed by atoms with Gasteiger partial charge in [0.25, 0.3) is 0 Å². The van der Waals surface area contributed by atoms with E-state index in [2.05, 4.69) is 0 Å². The number of esters is 1. The smallest absolute Gasteiger partial charge is 0.308 e. The molecule has 0 fully saturated rings. The molecule has 6 heteroatoms. The normalized spacial score (nSPS) is 11.3. The Hall–Kier alpha value is -2.99. The first-order chi connectivity index (χ1) is 14.3. The quantitative estimate of drug-likeness (QED) is 0.153. The highest BCUT2D eigenvalue weighted by atomic mass is 16.5. The second kappa shape index (κ2) is 10.7. The number of ether oxygens (including phenoxy) is 3. The second-order valence-electron chi connectivity index (χ2n) is 7.13. The van der Waals surface area contributed by atoms with Crippen LogP contribution in [0.5, 0.6) is 11.5 Å². The molecule has 6 nitrogen and oxygen atoms in total. The number of rotatable bonds is 9. The van der Waals surface area contributed by atoms with Crippen molar-refractivity contribution in [3.63, 3.8) is 0 Å². The fraction of sp³-hybridized carbons (Fsp3) is 0.375. The van der Waals surface area contributed by atoms with Crippen LogP contribution >= 0.6 is 0 Å². The van der Waals surface area contributed by atoms with Crippen LogP contribution in [0.2, 0.25) is 0 Å². The van der Waals surface area contributed by atoms with E-state index in [1.807, 2.05) is 62.8 Å². The summed E-state index contributed by atoms with van der Waals surface area (Å²) in [5, 5.41) is 1.41. The Bertz CT molecular complexity index is 1000. The minimum absolute atomic E-state index is 0.139. The van der Waals surface area contributed by atoms with E-state index in [9.17, 15) is 9.59 Å². The van der Waals surface area contributed by atoms with Gasteiger partial charge in [0.15, 0.2) is 5.70 Å². The van der Waals surface area contributed by atoms with Crippen LogP contribution in [0, 0.1) is 0 Å². The number of Topliss-reactive ketones (excluding diaryl/α,β-unsaturated/α-hetero) is 1. The third kappa shape index (κ3) is 5.54. The molecule has 0 amide bonds. The van der Waals surface area contributed by atoms with Crippen molar-refractivity contribution in [2.75, 3.05) is 26.9 Å². The number of nitrogens with zero attached hydrogens (tertiary/aromatic N) is 1. The summed E-state index contributed by atoms with van der Waals surface area (Å²) in [6.45, 7) is 10.0. The maximum Gasteiger partial charge on any atom is 0.308 e. The lowest BCUT2D eigenvalue weighted by Gasteiger charge is -2.16. The van der Waals surface area contributed by atoms with Crippen molar-refractivity contribution >= 4 is 28.7 Å². The van der Waals surface area contributed by atoms with Crippen LogP contribution < -0.4 is 9.47 Å². The summed E-state index contributed by atoms with van der Waals surface area (Å²) in [6, 6.07) is 9.00. The topological polar surface area (TPSA) is 64.8 Å². The van der Waals surface area contributed by atoms with Crippen molar-refractivity contribution < 1.29 is 28.4 Å². The number of benzene rings is 2. The monoisotopic (exact) mass is 412 g/mol. The van der Waals surface area contributed by atoms with Crippen molar-refractivity contribution in [1.29, 1.82) is 0 Å². The molecule has 160 valence electrons. The Morgan fingerprint density at radius 1 is 1.03 bits per heavy atom. The molecule has 0 aromatic heterocycles. The molecule has 0 atom stereocenters. The molecular formula is C24H30NO5+. The molecule has 0 radical (unpaired) electrons. The lowest BCUT2D eigenvalue weighted by molar-refractivity contribution is -0.458. The number of carbonyl (C=O) groups is 2. The lowest BCUT2D eigenvalue weighted by atomic mass is 10.0. The minimum atomic E-state index is -0.449. The average Bonchev–Trinajstić information content (AvgIpc) is 2.72. The third-order valence-electron chi connectivity index (χ3n) is 4.83. The molecule has 0 aliphatic carbocycles. The number of fused-ring (bicyclic) bond motifs is 1. The van der Waals surface area contributed by atoms with E-state index in [1.54, 1.807) is 13.2 Å². The van der Waals surface area contributed by atoms with Crippen molar-refractivity contribution in [1.82, 2.24) is 0 Å². The minimum Gasteiger partial charge on any atom is -0.490 e. The van der Waals surface area contributed by atoms with Gasteiger partial charge < -0.3 is 14.2 Å². The van der Waals surface area contributed by atoms with E-state index in [4.69, 9.17) is 14.2 Å². The Labute approximate surface area is 177 Å². The molecule has 0 aliphatic rings. The highest BCUT2D eigenvalue weighted by Gasteiger charge is 2.24. The Balaban J connectivity index is 2.62. The summed E-state index contributed by atoms with van der Waals surface area (Å²) >= 11 is 0. The van der Waals surface area contributed by atoms with E-state index >= 15 is 0 Å². The molecule has 2 aromatic rings. The molecule has 0 N–H and O–H groups in total. The summed E-state index contributed by atoms with van der Waals surface area (Å²) in [4.78, 5) is 25.0. The molecule has 0 heterocycles. The summed E-state index contributed by atoms with van der Waals surface area (Å²) in [6.07, 6.45) is 1.87. The van der Waals surface area contributed by atoms with Gasteiger partial charge in [-0.25, -0.2) is 0 Å². The summed E-state index contributed by atoms with van der Waals surface area (Å²) < 4.78 is 18.4. The largest absolute Gasteiger partial charge is 0.490 e. The fourth-order valence-electron chi connectivity index (χ4n) is 3.08. The molecular weight excluding hydrogens is 382 g/mol. The maximum atomic E-state index is 13.3. The predicted molar refractivity (Wildman–Crippen MR) is 118 cm³/mol. The molecule has 0 saturated carbocycles. The van der Waals surface area contributed by atoms with Gasteiger partial charge in [-0.3, -0.25) is 9.59 Å². The Morgan fingerprint density at radius 3 is 2.27 bits per heavy atom. The number of hydrogen-bond acceptors (Lipinski definition) is 5. The van der Waals surface area contributed by atoms with Gasteiger partial charge in [-0.2, -0.15) is 4.58 Å².